The summed E-state index contributed by atoms with van der Waals surface area (Å²) >= 11 is 0. The molecule has 2 aromatic rings. The third-order valence-electron chi connectivity index (χ3n) is 3.87. The predicted molar refractivity (Wildman–Crippen MR) is 80.7 cm³/mol. The van der Waals surface area contributed by atoms with Crippen LogP contribution in [0.5, 0.6) is 5.88 Å². The van der Waals surface area contributed by atoms with Crippen LogP contribution < -0.4 is 10.1 Å². The normalized spacial score (nSPS) is 15.0. The van der Waals surface area contributed by atoms with Gasteiger partial charge in [0.15, 0.2) is 5.82 Å². The molecule has 116 valence electrons. The summed E-state index contributed by atoms with van der Waals surface area (Å²) in [7, 11) is 1.52. The molecule has 1 amide bonds. The molecule has 0 aliphatic heterocycles. The van der Waals surface area contributed by atoms with Crippen LogP contribution >= 0.6 is 0 Å². The van der Waals surface area contributed by atoms with Gasteiger partial charge in [-0.15, -0.1) is 0 Å². The maximum atomic E-state index is 12.0. The maximum Gasteiger partial charge on any atom is 0.232 e. The van der Waals surface area contributed by atoms with Crippen molar-refractivity contribution in [3.8, 4) is 5.88 Å². The second kappa shape index (κ2) is 6.55. The number of nitrogens with zero attached hydrogens (tertiary/aromatic N) is 3. The predicted octanol–water partition coefficient (Wildman–Crippen LogP) is 2.05. The standard InChI is InChI=1S/C15H19N5O2/c1-22-15-9-16-8-11(17-15)6-14(21)18-13-7-12(19-20-13)10-4-2-3-5-10/h7-10H,2-6H2,1H3,(H2,18,19,20,21). The van der Waals surface area contributed by atoms with Gasteiger partial charge < -0.3 is 10.1 Å². The van der Waals surface area contributed by atoms with Crippen molar-refractivity contribution in [2.24, 2.45) is 0 Å². The Morgan fingerprint density at radius 1 is 1.41 bits per heavy atom. The maximum absolute atomic E-state index is 12.0. The molecule has 3 rings (SSSR count). The van der Waals surface area contributed by atoms with E-state index in [1.54, 1.807) is 6.20 Å². The molecule has 22 heavy (non-hydrogen) atoms. The Balaban J connectivity index is 1.59. The van der Waals surface area contributed by atoms with Crippen molar-refractivity contribution in [1.29, 1.82) is 0 Å². The lowest BCUT2D eigenvalue weighted by Gasteiger charge is -2.04. The summed E-state index contributed by atoms with van der Waals surface area (Å²) in [4.78, 5) is 20.2. The van der Waals surface area contributed by atoms with Gasteiger partial charge in [0.2, 0.25) is 11.8 Å². The van der Waals surface area contributed by atoms with Gasteiger partial charge in [0.25, 0.3) is 0 Å². The lowest BCUT2D eigenvalue weighted by Crippen LogP contribution is -2.15. The first-order valence-corrected chi connectivity index (χ1v) is 7.44. The molecule has 2 heterocycles. The fourth-order valence-electron chi connectivity index (χ4n) is 2.77. The highest BCUT2D eigenvalue weighted by Gasteiger charge is 2.19. The Bertz CT molecular complexity index is 649. The van der Waals surface area contributed by atoms with Crippen molar-refractivity contribution in [3.05, 3.63) is 29.8 Å². The van der Waals surface area contributed by atoms with E-state index in [0.717, 1.165) is 5.69 Å². The summed E-state index contributed by atoms with van der Waals surface area (Å²) in [5, 5.41) is 9.96. The molecule has 1 aliphatic carbocycles. The number of methoxy groups -OCH3 is 1. The Labute approximate surface area is 128 Å². The highest BCUT2D eigenvalue weighted by molar-refractivity contribution is 5.91. The molecule has 2 N–H and O–H groups in total. The third kappa shape index (κ3) is 3.41. The Morgan fingerprint density at radius 3 is 3.00 bits per heavy atom. The SMILES string of the molecule is COc1cncc(CC(=O)Nc2cc(C3CCCC3)[nH]n2)n1. The lowest BCUT2D eigenvalue weighted by molar-refractivity contribution is -0.115. The van der Waals surface area contributed by atoms with E-state index in [4.69, 9.17) is 4.74 Å². The van der Waals surface area contributed by atoms with E-state index in [9.17, 15) is 4.79 Å². The van der Waals surface area contributed by atoms with Crippen LogP contribution in [-0.4, -0.2) is 33.2 Å². The van der Waals surface area contributed by atoms with E-state index in [1.165, 1.54) is 39.0 Å². The summed E-state index contributed by atoms with van der Waals surface area (Å²) in [6.07, 6.45) is 8.10. The van der Waals surface area contributed by atoms with E-state index in [-0.39, 0.29) is 12.3 Å². The summed E-state index contributed by atoms with van der Waals surface area (Å²) in [6.45, 7) is 0. The molecule has 0 aromatic carbocycles. The van der Waals surface area contributed by atoms with Crippen LogP contribution in [0.1, 0.15) is 43.0 Å². The average Bonchev–Trinajstić information content (AvgIpc) is 3.18. The second-order valence-corrected chi connectivity index (χ2v) is 5.47. The molecule has 2 aromatic heterocycles. The number of aromatic nitrogens is 4. The molecule has 0 atom stereocenters. The molecule has 0 unspecified atom stereocenters. The van der Waals surface area contributed by atoms with Gasteiger partial charge in [0.05, 0.1) is 25.4 Å². The van der Waals surface area contributed by atoms with Crippen LogP contribution in [0.2, 0.25) is 0 Å². The molecule has 7 heteroatoms. The molecule has 7 nitrogen and oxygen atoms in total. The number of hydrogen-bond donors (Lipinski definition) is 2. The highest BCUT2D eigenvalue weighted by Crippen LogP contribution is 2.33. The van der Waals surface area contributed by atoms with Crippen molar-refractivity contribution in [3.63, 3.8) is 0 Å². The molecular weight excluding hydrogens is 282 g/mol. The van der Waals surface area contributed by atoms with Gasteiger partial charge in [-0.25, -0.2) is 4.98 Å². The van der Waals surface area contributed by atoms with E-state index in [2.05, 4.69) is 25.5 Å². The monoisotopic (exact) mass is 301 g/mol. The fourth-order valence-corrected chi connectivity index (χ4v) is 2.77. The number of hydrogen-bond acceptors (Lipinski definition) is 5. The highest BCUT2D eigenvalue weighted by atomic mass is 16.5. The number of anilines is 1. The third-order valence-corrected chi connectivity index (χ3v) is 3.87. The number of carbonyl (C=O) groups is 1. The van der Waals surface area contributed by atoms with Crippen LogP contribution in [0.15, 0.2) is 18.5 Å². The van der Waals surface area contributed by atoms with Crippen LogP contribution in [0, 0.1) is 0 Å². The topological polar surface area (TPSA) is 92.8 Å². The number of rotatable bonds is 5. The number of H-pyrrole nitrogens is 1. The summed E-state index contributed by atoms with van der Waals surface area (Å²) < 4.78 is 4.99. The fraction of sp³-hybridized carbons (Fsp3) is 0.467. The zero-order valence-corrected chi connectivity index (χ0v) is 12.5. The Morgan fingerprint density at radius 2 is 2.23 bits per heavy atom. The van der Waals surface area contributed by atoms with Crippen molar-refractivity contribution in [2.45, 2.75) is 38.0 Å². The van der Waals surface area contributed by atoms with Crippen molar-refractivity contribution in [2.75, 3.05) is 12.4 Å². The van der Waals surface area contributed by atoms with Gasteiger partial charge >= 0.3 is 0 Å². The molecule has 1 aliphatic rings. The minimum absolute atomic E-state index is 0.135. The Hall–Kier alpha value is -2.44. The van der Waals surface area contributed by atoms with Crippen LogP contribution in [0.25, 0.3) is 0 Å². The minimum atomic E-state index is -0.174. The summed E-state index contributed by atoms with van der Waals surface area (Å²) in [5.41, 5.74) is 1.66. The molecule has 0 saturated heterocycles. The molecule has 1 fully saturated rings. The van der Waals surface area contributed by atoms with Gasteiger partial charge in [-0.1, -0.05) is 12.8 Å². The van der Waals surface area contributed by atoms with E-state index in [0.29, 0.717) is 23.3 Å². The molecular formula is C15H19N5O2. The lowest BCUT2D eigenvalue weighted by atomic mass is 10.0. The van der Waals surface area contributed by atoms with E-state index >= 15 is 0 Å². The number of ether oxygens (including phenoxy) is 1. The van der Waals surface area contributed by atoms with Crippen molar-refractivity contribution >= 4 is 11.7 Å². The van der Waals surface area contributed by atoms with E-state index < -0.39 is 0 Å². The van der Waals surface area contributed by atoms with E-state index in [1.807, 2.05) is 6.07 Å². The van der Waals surface area contributed by atoms with Gasteiger partial charge in [-0.2, -0.15) is 5.10 Å². The number of nitrogens with one attached hydrogen (secondary N) is 2. The van der Waals surface area contributed by atoms with Crippen LogP contribution in [0.3, 0.4) is 0 Å². The molecule has 0 spiro atoms. The smallest absolute Gasteiger partial charge is 0.232 e. The average molecular weight is 301 g/mol. The largest absolute Gasteiger partial charge is 0.480 e. The van der Waals surface area contributed by atoms with Crippen molar-refractivity contribution in [1.82, 2.24) is 20.2 Å². The minimum Gasteiger partial charge on any atom is -0.480 e. The summed E-state index contributed by atoms with van der Waals surface area (Å²) in [5.74, 6) is 1.32. The first-order chi connectivity index (χ1) is 10.7. The number of aromatic amines is 1. The number of carbonyl (C=O) groups excluding carboxylic acids is 1. The number of amides is 1. The zero-order chi connectivity index (χ0) is 15.4. The zero-order valence-electron chi connectivity index (χ0n) is 12.5. The Kier molecular flexibility index (Phi) is 4.32. The molecule has 0 bridgehead atoms. The molecule has 1 saturated carbocycles. The van der Waals surface area contributed by atoms with Gasteiger partial charge in [0, 0.05) is 23.9 Å². The molecule has 0 radical (unpaired) electrons. The quantitative estimate of drug-likeness (QED) is 0.881. The van der Waals surface area contributed by atoms with Gasteiger partial charge in [-0.3, -0.25) is 14.9 Å². The van der Waals surface area contributed by atoms with Gasteiger partial charge in [-0.05, 0) is 12.8 Å². The first-order valence-electron chi connectivity index (χ1n) is 7.44. The van der Waals surface area contributed by atoms with Crippen molar-refractivity contribution < 1.29 is 9.53 Å². The first kappa shape index (κ1) is 14.5. The van der Waals surface area contributed by atoms with Crippen LogP contribution in [0.4, 0.5) is 5.82 Å². The van der Waals surface area contributed by atoms with Gasteiger partial charge in [0.1, 0.15) is 0 Å². The van der Waals surface area contributed by atoms with Crippen LogP contribution in [-0.2, 0) is 11.2 Å². The second-order valence-electron chi connectivity index (χ2n) is 5.47. The summed E-state index contributed by atoms with van der Waals surface area (Å²) in [6, 6.07) is 1.92.